The van der Waals surface area contributed by atoms with Gasteiger partial charge in [-0.3, -0.25) is 4.79 Å². The molecule has 1 aromatic rings. The third-order valence-electron chi connectivity index (χ3n) is 4.76. The summed E-state index contributed by atoms with van der Waals surface area (Å²) in [4.78, 5) is 12.1. The van der Waals surface area contributed by atoms with Crippen molar-refractivity contribution in [1.29, 1.82) is 0 Å². The van der Waals surface area contributed by atoms with Crippen molar-refractivity contribution in [3.8, 4) is 0 Å². The first-order chi connectivity index (χ1) is 10.3. The van der Waals surface area contributed by atoms with Crippen LogP contribution in [0.3, 0.4) is 0 Å². The maximum absolute atomic E-state index is 12.1. The zero-order valence-electron chi connectivity index (χ0n) is 13.8. The van der Waals surface area contributed by atoms with Crippen LogP contribution in [0.5, 0.6) is 0 Å². The molecule has 1 atom stereocenters. The van der Waals surface area contributed by atoms with E-state index in [4.69, 9.17) is 0 Å². The molecule has 22 heavy (non-hydrogen) atoms. The number of carbonyl (C=O) groups excluding carboxylic acids is 1. The Hall–Kier alpha value is -1.83. The van der Waals surface area contributed by atoms with Crippen LogP contribution in [-0.4, -0.2) is 5.91 Å². The highest BCUT2D eigenvalue weighted by Crippen LogP contribution is 2.34. The summed E-state index contributed by atoms with van der Waals surface area (Å²) in [6.07, 6.45) is 5.97. The zero-order valence-corrected chi connectivity index (χ0v) is 13.8. The van der Waals surface area contributed by atoms with Gasteiger partial charge in [-0.15, -0.1) is 0 Å². The quantitative estimate of drug-likeness (QED) is 0.863. The fraction of sp³-hybridized carbons (Fsp3) is 0.450. The van der Waals surface area contributed by atoms with E-state index in [1.54, 1.807) is 0 Å². The molecule has 1 heterocycles. The third-order valence-corrected chi connectivity index (χ3v) is 4.76. The van der Waals surface area contributed by atoms with Gasteiger partial charge >= 0.3 is 0 Å². The Balaban J connectivity index is 1.71. The van der Waals surface area contributed by atoms with E-state index >= 15 is 0 Å². The number of hydrogen-bond acceptors (Lipinski definition) is 1. The molecule has 0 saturated carbocycles. The summed E-state index contributed by atoms with van der Waals surface area (Å²) in [5.41, 5.74) is 6.54. The van der Waals surface area contributed by atoms with Gasteiger partial charge < -0.3 is 5.32 Å². The van der Waals surface area contributed by atoms with Crippen molar-refractivity contribution < 1.29 is 4.79 Å². The number of hydrogen-bond donors (Lipinski definition) is 1. The lowest BCUT2D eigenvalue weighted by Gasteiger charge is -2.23. The van der Waals surface area contributed by atoms with E-state index < -0.39 is 0 Å². The second-order valence-electron chi connectivity index (χ2n) is 7.68. The highest BCUT2D eigenvalue weighted by molar-refractivity contribution is 5.82. The molecule has 1 saturated heterocycles. The maximum atomic E-state index is 12.1. The molecule has 1 amide bonds. The monoisotopic (exact) mass is 295 g/mol. The van der Waals surface area contributed by atoms with Gasteiger partial charge in [-0.05, 0) is 47.8 Å². The maximum Gasteiger partial charge on any atom is 0.227 e. The van der Waals surface area contributed by atoms with Gasteiger partial charge in [0.25, 0.3) is 0 Å². The second-order valence-corrected chi connectivity index (χ2v) is 7.68. The number of amides is 1. The Labute approximate surface area is 133 Å². The number of nitrogens with one attached hydrogen (secondary N) is 1. The Morgan fingerprint density at radius 3 is 2.77 bits per heavy atom. The molecule has 0 radical (unpaired) electrons. The van der Waals surface area contributed by atoms with Crippen LogP contribution in [0.15, 0.2) is 36.0 Å². The van der Waals surface area contributed by atoms with Crippen LogP contribution in [0.4, 0.5) is 0 Å². The lowest BCUT2D eigenvalue weighted by Crippen LogP contribution is -2.34. The van der Waals surface area contributed by atoms with Gasteiger partial charge in [0.1, 0.15) is 0 Å². The SMILES string of the molecule is C=C1CCC(CC2=Cc3ccc(C(C)(C)C)cc3C2)C(=O)N1. The number of carbonyl (C=O) groups is 1. The highest BCUT2D eigenvalue weighted by Gasteiger charge is 2.26. The van der Waals surface area contributed by atoms with E-state index in [2.05, 4.69) is 56.9 Å². The Kier molecular flexibility index (Phi) is 3.72. The van der Waals surface area contributed by atoms with E-state index in [-0.39, 0.29) is 17.2 Å². The fourth-order valence-electron chi connectivity index (χ4n) is 3.34. The Morgan fingerprint density at radius 2 is 2.09 bits per heavy atom. The number of rotatable bonds is 2. The minimum Gasteiger partial charge on any atom is -0.330 e. The summed E-state index contributed by atoms with van der Waals surface area (Å²) < 4.78 is 0. The Bertz CT molecular complexity index is 661. The Morgan fingerprint density at radius 1 is 1.32 bits per heavy atom. The van der Waals surface area contributed by atoms with E-state index in [1.165, 1.54) is 22.3 Å². The van der Waals surface area contributed by atoms with Crippen molar-refractivity contribution in [2.45, 2.75) is 51.9 Å². The molecule has 2 aliphatic rings. The molecule has 1 aromatic carbocycles. The van der Waals surface area contributed by atoms with Crippen molar-refractivity contribution in [3.63, 3.8) is 0 Å². The highest BCUT2D eigenvalue weighted by atomic mass is 16.1. The van der Waals surface area contributed by atoms with Gasteiger partial charge in [0.15, 0.2) is 0 Å². The topological polar surface area (TPSA) is 29.1 Å². The van der Waals surface area contributed by atoms with Gasteiger partial charge in [0.05, 0.1) is 0 Å². The molecule has 1 aliphatic carbocycles. The lowest BCUT2D eigenvalue weighted by molar-refractivity contribution is -0.125. The molecule has 3 rings (SSSR count). The number of fused-ring (bicyclic) bond motifs is 1. The van der Waals surface area contributed by atoms with E-state index in [0.29, 0.717) is 0 Å². The first-order valence-electron chi connectivity index (χ1n) is 8.14. The van der Waals surface area contributed by atoms with Crippen molar-refractivity contribution >= 4 is 12.0 Å². The summed E-state index contributed by atoms with van der Waals surface area (Å²) >= 11 is 0. The normalized spacial score (nSPS) is 21.4. The average molecular weight is 295 g/mol. The molecule has 1 aliphatic heterocycles. The van der Waals surface area contributed by atoms with Crippen LogP contribution in [0.2, 0.25) is 0 Å². The number of piperidine rings is 1. The van der Waals surface area contributed by atoms with Crippen LogP contribution in [0, 0.1) is 5.92 Å². The van der Waals surface area contributed by atoms with Gasteiger partial charge in [0, 0.05) is 11.6 Å². The molecular weight excluding hydrogens is 270 g/mol. The third kappa shape index (κ3) is 3.01. The van der Waals surface area contributed by atoms with Crippen LogP contribution in [-0.2, 0) is 16.6 Å². The molecule has 1 unspecified atom stereocenters. The van der Waals surface area contributed by atoms with Crippen molar-refractivity contribution in [2.24, 2.45) is 5.92 Å². The molecule has 1 fully saturated rings. The molecule has 0 bridgehead atoms. The largest absolute Gasteiger partial charge is 0.330 e. The van der Waals surface area contributed by atoms with Crippen LogP contribution < -0.4 is 5.32 Å². The standard InChI is InChI=1S/C20H25NO/c1-13-5-6-16(19(22)21-13)10-14-9-15-7-8-18(20(2,3)4)12-17(15)11-14/h7-9,12,16H,1,5-6,10-11H2,2-4H3,(H,21,22). The van der Waals surface area contributed by atoms with Crippen LogP contribution in [0.25, 0.3) is 6.08 Å². The molecular formula is C20H25NO. The smallest absolute Gasteiger partial charge is 0.227 e. The fourth-order valence-corrected chi connectivity index (χ4v) is 3.34. The summed E-state index contributed by atoms with van der Waals surface area (Å²) in [6.45, 7) is 10.6. The molecule has 0 spiro atoms. The molecule has 116 valence electrons. The van der Waals surface area contributed by atoms with Crippen LogP contribution >= 0.6 is 0 Å². The van der Waals surface area contributed by atoms with Gasteiger partial charge in [-0.1, -0.05) is 57.2 Å². The van der Waals surface area contributed by atoms with Gasteiger partial charge in [-0.2, -0.15) is 0 Å². The average Bonchev–Trinajstić information content (AvgIpc) is 2.82. The number of benzene rings is 1. The molecule has 0 aromatic heterocycles. The van der Waals surface area contributed by atoms with Crippen molar-refractivity contribution in [1.82, 2.24) is 5.32 Å². The van der Waals surface area contributed by atoms with Gasteiger partial charge in [-0.25, -0.2) is 0 Å². The summed E-state index contributed by atoms with van der Waals surface area (Å²) in [5, 5.41) is 2.89. The zero-order chi connectivity index (χ0) is 15.9. The minimum absolute atomic E-state index is 0.105. The first kappa shape index (κ1) is 15.1. The predicted molar refractivity (Wildman–Crippen MR) is 91.4 cm³/mol. The summed E-state index contributed by atoms with van der Waals surface area (Å²) in [7, 11) is 0. The number of allylic oxidation sites excluding steroid dienone is 2. The van der Waals surface area contributed by atoms with Crippen molar-refractivity contribution in [3.05, 3.63) is 52.7 Å². The summed E-state index contributed by atoms with van der Waals surface area (Å²) in [5.74, 6) is 0.247. The molecule has 2 heteroatoms. The minimum atomic E-state index is 0.105. The summed E-state index contributed by atoms with van der Waals surface area (Å²) in [6, 6.07) is 6.79. The van der Waals surface area contributed by atoms with E-state index in [1.807, 2.05) is 0 Å². The molecule has 2 nitrogen and oxygen atoms in total. The van der Waals surface area contributed by atoms with Gasteiger partial charge in [0.2, 0.25) is 5.91 Å². The second kappa shape index (κ2) is 5.42. The van der Waals surface area contributed by atoms with E-state index in [9.17, 15) is 4.79 Å². The molecule has 1 N–H and O–H groups in total. The predicted octanol–water partition coefficient (Wildman–Crippen LogP) is 4.35. The lowest BCUT2D eigenvalue weighted by atomic mass is 9.85. The van der Waals surface area contributed by atoms with Crippen molar-refractivity contribution in [2.75, 3.05) is 0 Å². The first-order valence-corrected chi connectivity index (χ1v) is 8.14. The van der Waals surface area contributed by atoms with E-state index in [0.717, 1.165) is 31.4 Å². The van der Waals surface area contributed by atoms with Crippen LogP contribution in [0.1, 0.15) is 56.7 Å².